The lowest BCUT2D eigenvalue weighted by molar-refractivity contribution is 0.312. The van der Waals surface area contributed by atoms with Crippen LogP contribution in [-0.2, 0) is 13.0 Å². The van der Waals surface area contributed by atoms with Gasteiger partial charge >= 0.3 is 0 Å². The first kappa shape index (κ1) is 16.9. The van der Waals surface area contributed by atoms with Crippen LogP contribution in [-0.4, -0.2) is 30.1 Å². The van der Waals surface area contributed by atoms with Gasteiger partial charge in [0.05, 0.1) is 5.52 Å². The molecule has 0 bridgehead atoms. The molecule has 1 aliphatic heterocycles. The average molecular weight is 349 g/mol. The van der Waals surface area contributed by atoms with Crippen LogP contribution in [0.3, 0.4) is 0 Å². The number of rotatable bonds is 3. The van der Waals surface area contributed by atoms with Crippen LogP contribution in [0.2, 0.25) is 0 Å². The van der Waals surface area contributed by atoms with E-state index in [9.17, 15) is 4.39 Å². The molecule has 0 fully saturated rings. The van der Waals surface area contributed by atoms with Crippen molar-refractivity contribution in [2.45, 2.75) is 19.9 Å². The second-order valence-corrected chi connectivity index (χ2v) is 7.08. The van der Waals surface area contributed by atoms with E-state index in [1.54, 1.807) is 0 Å². The van der Waals surface area contributed by atoms with Gasteiger partial charge in [0.1, 0.15) is 5.82 Å². The zero-order chi connectivity index (χ0) is 18.3. The number of aromatic nitrogens is 1. The molecular weight excluding hydrogens is 325 g/mol. The zero-order valence-electron chi connectivity index (χ0n) is 15.5. The summed E-state index contributed by atoms with van der Waals surface area (Å²) >= 11 is 0. The van der Waals surface area contributed by atoms with Gasteiger partial charge in [-0.3, -0.25) is 0 Å². The lowest BCUT2D eigenvalue weighted by Gasteiger charge is -2.23. The topological polar surface area (TPSA) is 20.2 Å². The molecule has 26 heavy (non-hydrogen) atoms. The third-order valence-corrected chi connectivity index (χ3v) is 5.29. The highest BCUT2D eigenvalue weighted by Gasteiger charge is 2.22. The number of hydrogen-bond donors (Lipinski definition) is 1. The van der Waals surface area contributed by atoms with Crippen LogP contribution < -0.4 is 5.32 Å². The summed E-state index contributed by atoms with van der Waals surface area (Å²) in [5, 5.41) is 4.55. The van der Waals surface area contributed by atoms with Crippen molar-refractivity contribution < 1.29 is 4.39 Å². The molecule has 0 spiro atoms. The standard InChI is InChI=1S/C22H24FN3/c1-15(16-4-6-17(23)7-5-16)13-26-21-9-8-18(24-2)12-19(21)20-14-25(3)11-10-22(20)26/h4-9,12-13,24H,10-11,14H2,1-3H3. The van der Waals surface area contributed by atoms with Crippen LogP contribution in [0.25, 0.3) is 22.7 Å². The monoisotopic (exact) mass is 349 g/mol. The van der Waals surface area contributed by atoms with Crippen LogP contribution in [0.4, 0.5) is 10.1 Å². The number of nitrogens with zero attached hydrogens (tertiary/aromatic N) is 2. The Kier molecular flexibility index (Phi) is 4.29. The lowest BCUT2D eigenvalue weighted by Crippen LogP contribution is -2.26. The largest absolute Gasteiger partial charge is 0.388 e. The van der Waals surface area contributed by atoms with E-state index in [4.69, 9.17) is 0 Å². The van der Waals surface area contributed by atoms with Crippen molar-refractivity contribution in [1.29, 1.82) is 0 Å². The summed E-state index contributed by atoms with van der Waals surface area (Å²) in [5.74, 6) is -0.201. The second-order valence-electron chi connectivity index (χ2n) is 7.08. The van der Waals surface area contributed by atoms with Crippen molar-refractivity contribution >= 4 is 28.4 Å². The van der Waals surface area contributed by atoms with E-state index in [0.29, 0.717) is 0 Å². The number of fused-ring (bicyclic) bond motifs is 3. The molecule has 0 radical (unpaired) electrons. The minimum Gasteiger partial charge on any atom is -0.388 e. The smallest absolute Gasteiger partial charge is 0.123 e. The number of hydrogen-bond acceptors (Lipinski definition) is 2. The third kappa shape index (κ3) is 2.90. The number of nitrogens with one attached hydrogen (secondary N) is 1. The molecule has 4 heteroatoms. The minimum absolute atomic E-state index is 0.201. The van der Waals surface area contributed by atoms with E-state index in [2.05, 4.69) is 53.2 Å². The summed E-state index contributed by atoms with van der Waals surface area (Å²) < 4.78 is 15.6. The van der Waals surface area contributed by atoms with Crippen molar-refractivity contribution in [2.75, 3.05) is 26.0 Å². The Labute approximate surface area is 153 Å². The highest BCUT2D eigenvalue weighted by molar-refractivity contribution is 5.92. The average Bonchev–Trinajstić information content (AvgIpc) is 2.94. The van der Waals surface area contributed by atoms with Gasteiger partial charge in [0.25, 0.3) is 0 Å². The van der Waals surface area contributed by atoms with Crippen LogP contribution in [0.5, 0.6) is 0 Å². The Balaban J connectivity index is 1.89. The number of allylic oxidation sites excluding steroid dienone is 1. The highest BCUT2D eigenvalue weighted by Crippen LogP contribution is 2.33. The SMILES string of the molecule is CNc1ccc2c(c1)c1c(n2C=C(C)c2ccc(F)cc2)CCN(C)C1. The molecule has 2 heterocycles. The quantitative estimate of drug-likeness (QED) is 0.731. The number of benzene rings is 2. The summed E-state index contributed by atoms with van der Waals surface area (Å²) in [6.45, 7) is 4.11. The van der Waals surface area contributed by atoms with E-state index in [-0.39, 0.29) is 5.82 Å². The van der Waals surface area contributed by atoms with Gasteiger partial charge in [-0.15, -0.1) is 0 Å². The predicted octanol–water partition coefficient (Wildman–Crippen LogP) is 4.83. The maximum atomic E-state index is 13.2. The van der Waals surface area contributed by atoms with Crippen LogP contribution in [0.15, 0.2) is 42.5 Å². The molecule has 2 aromatic carbocycles. The summed E-state index contributed by atoms with van der Waals surface area (Å²) in [6, 6.07) is 13.3. The van der Waals surface area contributed by atoms with Crippen molar-refractivity contribution in [1.82, 2.24) is 9.47 Å². The molecule has 3 aromatic rings. The van der Waals surface area contributed by atoms with E-state index in [0.717, 1.165) is 36.3 Å². The fourth-order valence-electron chi connectivity index (χ4n) is 3.81. The number of likely N-dealkylation sites (N-methyl/N-ethyl adjacent to an activating group) is 1. The molecule has 0 aliphatic carbocycles. The highest BCUT2D eigenvalue weighted by atomic mass is 19.1. The fourth-order valence-corrected chi connectivity index (χ4v) is 3.81. The molecular formula is C22H24FN3. The number of halogens is 1. The molecule has 4 rings (SSSR count). The van der Waals surface area contributed by atoms with Gasteiger partial charge in [-0.2, -0.15) is 0 Å². The summed E-state index contributed by atoms with van der Waals surface area (Å²) in [5.41, 5.74) is 7.32. The molecule has 1 aromatic heterocycles. The van der Waals surface area contributed by atoms with Gasteiger partial charge in [0.2, 0.25) is 0 Å². The van der Waals surface area contributed by atoms with Gasteiger partial charge in [0, 0.05) is 49.5 Å². The Morgan fingerprint density at radius 2 is 1.92 bits per heavy atom. The Hall–Kier alpha value is -2.59. The van der Waals surface area contributed by atoms with Gasteiger partial charge in [-0.1, -0.05) is 12.1 Å². The molecule has 0 saturated heterocycles. The molecule has 1 N–H and O–H groups in total. The van der Waals surface area contributed by atoms with E-state index in [1.807, 2.05) is 19.2 Å². The molecule has 1 aliphatic rings. The van der Waals surface area contributed by atoms with Gasteiger partial charge in [-0.25, -0.2) is 4.39 Å². The van der Waals surface area contributed by atoms with E-state index < -0.39 is 0 Å². The van der Waals surface area contributed by atoms with Crippen LogP contribution in [0.1, 0.15) is 23.7 Å². The van der Waals surface area contributed by atoms with Gasteiger partial charge in [-0.05, 0) is 61.0 Å². The Bertz CT molecular complexity index is 983. The molecule has 0 unspecified atom stereocenters. The first-order valence-corrected chi connectivity index (χ1v) is 9.03. The van der Waals surface area contributed by atoms with Crippen molar-refractivity contribution in [3.63, 3.8) is 0 Å². The second kappa shape index (κ2) is 6.61. The van der Waals surface area contributed by atoms with E-state index in [1.165, 1.54) is 34.3 Å². The summed E-state index contributed by atoms with van der Waals surface area (Å²) in [6.07, 6.45) is 3.22. The first-order valence-electron chi connectivity index (χ1n) is 9.03. The predicted molar refractivity (Wildman–Crippen MR) is 108 cm³/mol. The van der Waals surface area contributed by atoms with Crippen LogP contribution in [0, 0.1) is 5.82 Å². The molecule has 0 saturated carbocycles. The summed E-state index contributed by atoms with van der Waals surface area (Å²) in [4.78, 5) is 2.37. The molecule has 134 valence electrons. The van der Waals surface area contributed by atoms with Gasteiger partial charge < -0.3 is 14.8 Å². The maximum Gasteiger partial charge on any atom is 0.123 e. The maximum absolute atomic E-state index is 13.2. The first-order chi connectivity index (χ1) is 12.6. The fraction of sp³-hybridized carbons (Fsp3) is 0.273. The van der Waals surface area contributed by atoms with Crippen molar-refractivity contribution in [3.8, 4) is 0 Å². The molecule has 0 amide bonds. The van der Waals surface area contributed by atoms with E-state index >= 15 is 0 Å². The minimum atomic E-state index is -0.201. The van der Waals surface area contributed by atoms with Crippen molar-refractivity contribution in [2.24, 2.45) is 0 Å². The third-order valence-electron chi connectivity index (χ3n) is 5.29. The zero-order valence-corrected chi connectivity index (χ0v) is 15.5. The molecule has 3 nitrogen and oxygen atoms in total. The molecule has 0 atom stereocenters. The van der Waals surface area contributed by atoms with Gasteiger partial charge in [0.15, 0.2) is 0 Å². The number of anilines is 1. The van der Waals surface area contributed by atoms with Crippen LogP contribution >= 0.6 is 0 Å². The Morgan fingerprint density at radius 3 is 2.65 bits per heavy atom. The Morgan fingerprint density at radius 1 is 1.15 bits per heavy atom. The normalized spacial score (nSPS) is 15.3. The lowest BCUT2D eigenvalue weighted by atomic mass is 10.0. The van der Waals surface area contributed by atoms with Crippen molar-refractivity contribution in [3.05, 3.63) is 65.1 Å². The summed E-state index contributed by atoms with van der Waals surface area (Å²) in [7, 11) is 4.13.